The lowest BCUT2D eigenvalue weighted by Gasteiger charge is -2.22. The third kappa shape index (κ3) is 6.43. The predicted molar refractivity (Wildman–Crippen MR) is 63.6 cm³/mol. The molecule has 0 heterocycles. The van der Waals surface area contributed by atoms with Crippen molar-refractivity contribution in [1.29, 1.82) is 0 Å². The van der Waals surface area contributed by atoms with Crippen molar-refractivity contribution in [2.75, 3.05) is 26.9 Å². The summed E-state index contributed by atoms with van der Waals surface area (Å²) in [5.74, 6) is 0. The maximum atomic E-state index is 9.59. The smallest absolute Gasteiger partial charge is 0.0897 e. The van der Waals surface area contributed by atoms with Crippen LogP contribution in [0.2, 0.25) is 0 Å². The van der Waals surface area contributed by atoms with Gasteiger partial charge in [0.2, 0.25) is 0 Å². The Morgan fingerprint density at radius 2 is 2.12 bits per heavy atom. The molecule has 2 N–H and O–H groups in total. The molecule has 0 aromatic rings. The monoisotopic (exact) mass is 231 g/mol. The molecule has 1 fully saturated rings. The fourth-order valence-electron chi connectivity index (χ4n) is 1.29. The van der Waals surface area contributed by atoms with Crippen LogP contribution in [0.5, 0.6) is 0 Å². The van der Waals surface area contributed by atoms with E-state index in [0.29, 0.717) is 25.8 Å². The first-order valence-corrected chi connectivity index (χ1v) is 6.08. The van der Waals surface area contributed by atoms with Gasteiger partial charge in [0.05, 0.1) is 18.3 Å². The molecule has 1 aliphatic carbocycles. The van der Waals surface area contributed by atoms with Crippen molar-refractivity contribution >= 4 is 0 Å². The Hall–Kier alpha value is -0.160. The zero-order valence-electron chi connectivity index (χ0n) is 10.7. The molecule has 0 aromatic carbocycles. The topological polar surface area (TPSA) is 50.7 Å². The quantitative estimate of drug-likeness (QED) is 0.580. The second kappa shape index (κ2) is 6.55. The number of hydrogen-bond donors (Lipinski definition) is 2. The number of aliphatic hydroxyl groups is 1. The number of hydrogen-bond acceptors (Lipinski definition) is 4. The minimum absolute atomic E-state index is 0.142. The van der Waals surface area contributed by atoms with Gasteiger partial charge in [0.1, 0.15) is 0 Å². The number of methoxy groups -OCH3 is 1. The first-order valence-electron chi connectivity index (χ1n) is 6.08. The number of aliphatic hydroxyl groups excluding tert-OH is 1. The Bertz CT molecular complexity index is 193. The van der Waals surface area contributed by atoms with Gasteiger partial charge in [-0.1, -0.05) is 0 Å². The van der Waals surface area contributed by atoms with Gasteiger partial charge in [-0.05, 0) is 33.1 Å². The summed E-state index contributed by atoms with van der Waals surface area (Å²) in [4.78, 5) is 0. The van der Waals surface area contributed by atoms with Crippen LogP contribution in [0.3, 0.4) is 0 Å². The van der Waals surface area contributed by atoms with Crippen molar-refractivity contribution in [1.82, 2.24) is 5.32 Å². The molecule has 0 saturated heterocycles. The van der Waals surface area contributed by atoms with Crippen molar-refractivity contribution in [2.45, 2.75) is 50.9 Å². The lowest BCUT2D eigenvalue weighted by molar-refractivity contribution is -0.0242. The largest absolute Gasteiger partial charge is 0.389 e. The molecule has 16 heavy (non-hydrogen) atoms. The van der Waals surface area contributed by atoms with E-state index < -0.39 is 6.10 Å². The van der Waals surface area contributed by atoms with Crippen molar-refractivity contribution in [3.8, 4) is 0 Å². The van der Waals surface area contributed by atoms with Crippen LogP contribution in [0, 0.1) is 0 Å². The molecule has 0 bridgehead atoms. The molecule has 1 aliphatic rings. The summed E-state index contributed by atoms with van der Waals surface area (Å²) in [7, 11) is 1.70. The molecule has 1 unspecified atom stereocenters. The molecule has 0 aliphatic heterocycles. The summed E-state index contributed by atoms with van der Waals surface area (Å²) in [6.45, 7) is 5.72. The highest BCUT2D eigenvalue weighted by atomic mass is 16.5. The minimum atomic E-state index is -0.397. The summed E-state index contributed by atoms with van der Waals surface area (Å²) < 4.78 is 10.7. The van der Waals surface area contributed by atoms with Crippen LogP contribution in [-0.2, 0) is 9.47 Å². The van der Waals surface area contributed by atoms with Crippen LogP contribution in [-0.4, -0.2) is 49.7 Å². The lowest BCUT2D eigenvalue weighted by atomic mass is 10.1. The van der Waals surface area contributed by atoms with Gasteiger partial charge in [-0.25, -0.2) is 0 Å². The van der Waals surface area contributed by atoms with E-state index in [4.69, 9.17) is 9.47 Å². The molecule has 0 aromatic heterocycles. The van der Waals surface area contributed by atoms with Crippen LogP contribution >= 0.6 is 0 Å². The van der Waals surface area contributed by atoms with Crippen LogP contribution in [0.15, 0.2) is 0 Å². The molecule has 1 atom stereocenters. The van der Waals surface area contributed by atoms with E-state index in [1.54, 1.807) is 7.11 Å². The van der Waals surface area contributed by atoms with E-state index in [-0.39, 0.29) is 5.60 Å². The molecule has 4 heteroatoms. The fraction of sp³-hybridized carbons (Fsp3) is 1.00. The fourth-order valence-corrected chi connectivity index (χ4v) is 1.29. The SMILES string of the molecule is COC(C)(C)CCOCC(O)CNC1CC1. The van der Waals surface area contributed by atoms with Crippen molar-refractivity contribution in [2.24, 2.45) is 0 Å². The van der Waals surface area contributed by atoms with Gasteiger partial charge < -0.3 is 19.9 Å². The Morgan fingerprint density at radius 1 is 1.44 bits per heavy atom. The van der Waals surface area contributed by atoms with E-state index in [9.17, 15) is 5.11 Å². The third-order valence-electron chi connectivity index (χ3n) is 2.93. The Labute approximate surface area is 98.3 Å². The Balaban J connectivity index is 1.92. The molecule has 1 saturated carbocycles. The molecule has 1 rings (SSSR count). The number of nitrogens with one attached hydrogen (secondary N) is 1. The zero-order valence-corrected chi connectivity index (χ0v) is 10.7. The molecule has 4 nitrogen and oxygen atoms in total. The molecule has 0 radical (unpaired) electrons. The highest BCUT2D eigenvalue weighted by Crippen LogP contribution is 2.18. The normalized spacial score (nSPS) is 18.8. The van der Waals surface area contributed by atoms with Crippen molar-refractivity contribution in [3.63, 3.8) is 0 Å². The van der Waals surface area contributed by atoms with Crippen LogP contribution in [0.4, 0.5) is 0 Å². The van der Waals surface area contributed by atoms with Gasteiger partial charge in [0, 0.05) is 26.3 Å². The average molecular weight is 231 g/mol. The second-order valence-electron chi connectivity index (χ2n) is 5.13. The first kappa shape index (κ1) is 13.9. The van der Waals surface area contributed by atoms with Crippen LogP contribution in [0.25, 0.3) is 0 Å². The van der Waals surface area contributed by atoms with Crippen molar-refractivity contribution < 1.29 is 14.6 Å². The summed E-state index contributed by atoms with van der Waals surface area (Å²) >= 11 is 0. The third-order valence-corrected chi connectivity index (χ3v) is 2.93. The van der Waals surface area contributed by atoms with Gasteiger partial charge in [-0.2, -0.15) is 0 Å². The summed E-state index contributed by atoms with van der Waals surface area (Å²) in [6, 6.07) is 0.641. The average Bonchev–Trinajstić information content (AvgIpc) is 3.05. The lowest BCUT2D eigenvalue weighted by Crippen LogP contribution is -2.32. The minimum Gasteiger partial charge on any atom is -0.389 e. The van der Waals surface area contributed by atoms with E-state index >= 15 is 0 Å². The molecular weight excluding hydrogens is 206 g/mol. The Morgan fingerprint density at radius 3 is 2.69 bits per heavy atom. The highest BCUT2D eigenvalue weighted by Gasteiger charge is 2.21. The molecule has 96 valence electrons. The van der Waals surface area contributed by atoms with Gasteiger partial charge in [-0.15, -0.1) is 0 Å². The highest BCUT2D eigenvalue weighted by molar-refractivity contribution is 4.81. The maximum absolute atomic E-state index is 9.59. The maximum Gasteiger partial charge on any atom is 0.0897 e. The second-order valence-corrected chi connectivity index (χ2v) is 5.13. The van der Waals surface area contributed by atoms with Crippen LogP contribution in [0.1, 0.15) is 33.1 Å². The van der Waals surface area contributed by atoms with E-state index in [1.807, 2.05) is 13.8 Å². The zero-order chi connectivity index (χ0) is 12.0. The summed E-state index contributed by atoms with van der Waals surface area (Å²) in [5, 5.41) is 12.9. The molecular formula is C12H25NO3. The standard InChI is InChI=1S/C12H25NO3/c1-12(2,15-3)6-7-16-9-11(14)8-13-10-4-5-10/h10-11,13-14H,4-9H2,1-3H3. The number of ether oxygens (including phenoxy) is 2. The molecule has 0 amide bonds. The van der Waals surface area contributed by atoms with Gasteiger partial charge in [0.15, 0.2) is 0 Å². The predicted octanol–water partition coefficient (Wildman–Crippen LogP) is 0.931. The van der Waals surface area contributed by atoms with Crippen molar-refractivity contribution in [3.05, 3.63) is 0 Å². The molecule has 0 spiro atoms. The van der Waals surface area contributed by atoms with E-state index in [1.165, 1.54) is 12.8 Å². The summed E-state index contributed by atoms with van der Waals surface area (Å²) in [5.41, 5.74) is -0.142. The first-order chi connectivity index (χ1) is 7.53. The van der Waals surface area contributed by atoms with E-state index in [2.05, 4.69) is 5.32 Å². The van der Waals surface area contributed by atoms with Gasteiger partial charge in [-0.3, -0.25) is 0 Å². The number of rotatable bonds is 9. The Kier molecular flexibility index (Phi) is 5.69. The van der Waals surface area contributed by atoms with E-state index in [0.717, 1.165) is 6.42 Å². The van der Waals surface area contributed by atoms with Gasteiger partial charge >= 0.3 is 0 Å². The van der Waals surface area contributed by atoms with Crippen LogP contribution < -0.4 is 5.32 Å². The van der Waals surface area contributed by atoms with Gasteiger partial charge in [0.25, 0.3) is 0 Å². The summed E-state index contributed by atoms with van der Waals surface area (Å²) in [6.07, 6.45) is 2.93.